The van der Waals surface area contributed by atoms with Crippen molar-refractivity contribution in [1.82, 2.24) is 15.1 Å². The van der Waals surface area contributed by atoms with Gasteiger partial charge >= 0.3 is 0 Å². The number of carbonyl (C=O) groups is 1. The molecule has 2 heterocycles. The van der Waals surface area contributed by atoms with Gasteiger partial charge in [0.2, 0.25) is 5.91 Å². The molecule has 4 rings (SSSR count). The Morgan fingerprint density at radius 1 is 1.00 bits per heavy atom. The van der Waals surface area contributed by atoms with Crippen molar-refractivity contribution in [2.75, 3.05) is 45.9 Å². The van der Waals surface area contributed by atoms with Crippen LogP contribution in [0.4, 0.5) is 0 Å². The molecule has 2 aromatic carbocycles. The molecule has 7 nitrogen and oxygen atoms in total. The molecule has 1 saturated heterocycles. The van der Waals surface area contributed by atoms with Crippen molar-refractivity contribution in [3.63, 3.8) is 0 Å². The van der Waals surface area contributed by atoms with E-state index in [2.05, 4.69) is 35.0 Å². The molecule has 1 amide bonds. The number of ether oxygens (including phenoxy) is 2. The second-order valence-electron chi connectivity index (χ2n) is 9.41. The van der Waals surface area contributed by atoms with E-state index in [-0.39, 0.29) is 17.9 Å². The highest BCUT2D eigenvalue weighted by atomic mass is 16.5. The third-order valence-corrected chi connectivity index (χ3v) is 6.44. The Hall–Kier alpha value is -3.08. The first-order valence-electron chi connectivity index (χ1n) is 12.1. The fourth-order valence-corrected chi connectivity index (χ4v) is 4.48. The average molecular weight is 463 g/mol. The number of nitrogens with zero attached hydrogens (tertiary/aromatic N) is 3. The zero-order valence-electron chi connectivity index (χ0n) is 20.1. The number of hydrogen-bond donors (Lipinski definition) is 1. The van der Waals surface area contributed by atoms with Crippen molar-refractivity contribution >= 4 is 5.91 Å². The third-order valence-electron chi connectivity index (χ3n) is 6.44. The van der Waals surface area contributed by atoms with Gasteiger partial charge in [-0.3, -0.25) is 14.6 Å². The van der Waals surface area contributed by atoms with Gasteiger partial charge in [0.15, 0.2) is 11.5 Å². The molecule has 0 spiro atoms. The number of carbonyl (C=O) groups excluding carboxylic acids is 1. The lowest BCUT2D eigenvalue weighted by Gasteiger charge is -2.34. The lowest BCUT2D eigenvalue weighted by Crippen LogP contribution is -2.49. The largest absolute Gasteiger partial charge is 0.490 e. The predicted octanol–water partition coefficient (Wildman–Crippen LogP) is 3.35. The molecule has 2 aliphatic heterocycles. The lowest BCUT2D eigenvalue weighted by molar-refractivity contribution is -0.123. The van der Waals surface area contributed by atoms with Crippen molar-refractivity contribution < 1.29 is 14.3 Å². The summed E-state index contributed by atoms with van der Waals surface area (Å²) in [7, 11) is 0. The fourth-order valence-electron chi connectivity index (χ4n) is 4.48. The Bertz CT molecular complexity index is 1010. The molecule has 0 unspecified atom stereocenters. The normalized spacial score (nSPS) is 17.6. The second kappa shape index (κ2) is 11.4. The van der Waals surface area contributed by atoms with Gasteiger partial charge in [0.1, 0.15) is 0 Å². The van der Waals surface area contributed by atoms with E-state index >= 15 is 0 Å². The predicted molar refractivity (Wildman–Crippen MR) is 131 cm³/mol. The number of piperazine rings is 1. The molecule has 180 valence electrons. The first kappa shape index (κ1) is 24.1. The van der Waals surface area contributed by atoms with Crippen LogP contribution >= 0.6 is 0 Å². The summed E-state index contributed by atoms with van der Waals surface area (Å²) in [6.45, 7) is 10.4. The molecule has 34 heavy (non-hydrogen) atoms. The minimum Gasteiger partial charge on any atom is -0.490 e. The van der Waals surface area contributed by atoms with Crippen LogP contribution in [-0.4, -0.2) is 61.6 Å². The maximum absolute atomic E-state index is 12.9. The maximum Gasteiger partial charge on any atom is 0.234 e. The summed E-state index contributed by atoms with van der Waals surface area (Å²) in [5.74, 6) is 1.83. The highest BCUT2D eigenvalue weighted by molar-refractivity contribution is 5.78. The van der Waals surface area contributed by atoms with Crippen LogP contribution in [0.5, 0.6) is 11.5 Å². The number of hydrogen-bond acceptors (Lipinski definition) is 6. The van der Waals surface area contributed by atoms with E-state index in [1.165, 1.54) is 5.56 Å². The van der Waals surface area contributed by atoms with E-state index in [0.717, 1.165) is 56.2 Å². The molecule has 0 bridgehead atoms. The standard InChI is InChI=1S/C27H34N4O3/c1-20(2)27(23-8-9-24-25(16-23)34-15-3-14-33-24)29-26(32)19-31-12-10-30(11-13-31)18-22-6-4-21(17-28)5-7-22/h4-9,16,20,27H,3,10-15,18-19H2,1-2H3,(H,29,32)/t27-/m1/s1. The second-order valence-corrected chi connectivity index (χ2v) is 9.41. The zero-order chi connectivity index (χ0) is 23.9. The van der Waals surface area contributed by atoms with Gasteiger partial charge in [-0.25, -0.2) is 0 Å². The number of nitrogens with one attached hydrogen (secondary N) is 1. The summed E-state index contributed by atoms with van der Waals surface area (Å²) >= 11 is 0. The van der Waals surface area contributed by atoms with Gasteiger partial charge < -0.3 is 14.8 Å². The van der Waals surface area contributed by atoms with E-state index in [1.807, 2.05) is 42.5 Å². The lowest BCUT2D eigenvalue weighted by atomic mass is 9.95. The van der Waals surface area contributed by atoms with Crippen molar-refractivity contribution in [3.8, 4) is 17.6 Å². The molecule has 2 aromatic rings. The van der Waals surface area contributed by atoms with Crippen molar-refractivity contribution in [1.29, 1.82) is 5.26 Å². The van der Waals surface area contributed by atoms with Crippen LogP contribution in [0, 0.1) is 17.2 Å². The first-order valence-corrected chi connectivity index (χ1v) is 12.1. The van der Waals surface area contributed by atoms with Crippen molar-refractivity contribution in [3.05, 3.63) is 59.2 Å². The van der Waals surface area contributed by atoms with Crippen LogP contribution in [-0.2, 0) is 11.3 Å². The smallest absolute Gasteiger partial charge is 0.234 e. The number of amides is 1. The number of rotatable bonds is 7. The molecular weight excluding hydrogens is 428 g/mol. The Morgan fingerprint density at radius 3 is 2.35 bits per heavy atom. The monoisotopic (exact) mass is 462 g/mol. The van der Waals surface area contributed by atoms with Crippen molar-refractivity contribution in [2.45, 2.75) is 32.9 Å². The fraction of sp³-hybridized carbons (Fsp3) is 0.481. The summed E-state index contributed by atoms with van der Waals surface area (Å²) in [5, 5.41) is 12.2. The molecule has 7 heteroatoms. The van der Waals surface area contributed by atoms with Gasteiger partial charge in [-0.1, -0.05) is 32.0 Å². The third kappa shape index (κ3) is 6.28. The number of benzene rings is 2. The summed E-state index contributed by atoms with van der Waals surface area (Å²) in [6.07, 6.45) is 0.870. The van der Waals surface area contributed by atoms with Gasteiger partial charge in [0.25, 0.3) is 0 Å². The Morgan fingerprint density at radius 2 is 1.68 bits per heavy atom. The van der Waals surface area contributed by atoms with Crippen LogP contribution in [0.3, 0.4) is 0 Å². The molecule has 1 N–H and O–H groups in total. The highest BCUT2D eigenvalue weighted by Crippen LogP contribution is 2.34. The minimum atomic E-state index is -0.0812. The van der Waals surface area contributed by atoms with Gasteiger partial charge in [0, 0.05) is 39.1 Å². The quantitative estimate of drug-likeness (QED) is 0.680. The van der Waals surface area contributed by atoms with E-state index < -0.39 is 0 Å². The Kier molecular flexibility index (Phi) is 8.04. The summed E-state index contributed by atoms with van der Waals surface area (Å²) in [5.41, 5.74) is 2.94. The van der Waals surface area contributed by atoms with Gasteiger partial charge in [-0.05, 0) is 41.3 Å². The molecule has 0 saturated carbocycles. The van der Waals surface area contributed by atoms with Crippen LogP contribution in [0.15, 0.2) is 42.5 Å². The van der Waals surface area contributed by atoms with E-state index in [0.29, 0.717) is 25.3 Å². The van der Waals surface area contributed by atoms with E-state index in [4.69, 9.17) is 14.7 Å². The molecule has 0 aliphatic carbocycles. The minimum absolute atomic E-state index is 0.0475. The van der Waals surface area contributed by atoms with Crippen LogP contribution < -0.4 is 14.8 Å². The van der Waals surface area contributed by atoms with Gasteiger partial charge in [-0.2, -0.15) is 5.26 Å². The SMILES string of the molecule is CC(C)[C@@H](NC(=O)CN1CCN(Cc2ccc(C#N)cc2)CC1)c1ccc2c(c1)OCCCO2. The van der Waals surface area contributed by atoms with Gasteiger partial charge in [0.05, 0.1) is 37.4 Å². The van der Waals surface area contributed by atoms with Crippen molar-refractivity contribution in [2.24, 2.45) is 5.92 Å². The number of nitriles is 1. The summed E-state index contributed by atoms with van der Waals surface area (Å²) in [4.78, 5) is 17.5. The van der Waals surface area contributed by atoms with Crippen LogP contribution in [0.25, 0.3) is 0 Å². The van der Waals surface area contributed by atoms with E-state index in [1.54, 1.807) is 0 Å². The molecular formula is C27H34N4O3. The Labute approximate surface area is 202 Å². The maximum atomic E-state index is 12.9. The van der Waals surface area contributed by atoms with E-state index in [9.17, 15) is 4.79 Å². The summed E-state index contributed by atoms with van der Waals surface area (Å²) in [6, 6.07) is 15.8. The average Bonchev–Trinajstić information content (AvgIpc) is 3.09. The highest BCUT2D eigenvalue weighted by Gasteiger charge is 2.24. The molecule has 2 aliphatic rings. The Balaban J connectivity index is 1.28. The molecule has 0 aromatic heterocycles. The van der Waals surface area contributed by atoms with Crippen LogP contribution in [0.1, 0.15) is 43.0 Å². The molecule has 0 radical (unpaired) electrons. The molecule has 1 atom stereocenters. The molecule has 1 fully saturated rings. The van der Waals surface area contributed by atoms with Gasteiger partial charge in [-0.15, -0.1) is 0 Å². The zero-order valence-corrected chi connectivity index (χ0v) is 20.1. The first-order chi connectivity index (χ1) is 16.5. The summed E-state index contributed by atoms with van der Waals surface area (Å²) < 4.78 is 11.6. The number of fused-ring (bicyclic) bond motifs is 1. The van der Waals surface area contributed by atoms with Crippen LogP contribution in [0.2, 0.25) is 0 Å². The topological polar surface area (TPSA) is 77.8 Å².